The van der Waals surface area contributed by atoms with Crippen molar-refractivity contribution < 1.29 is 9.78 Å². The molecule has 1 aliphatic heterocycles. The van der Waals surface area contributed by atoms with Crippen LogP contribution in [0, 0.1) is 0 Å². The maximum atomic E-state index is 4.44. The summed E-state index contributed by atoms with van der Waals surface area (Å²) in [5.74, 6) is 0. The van der Waals surface area contributed by atoms with Crippen LogP contribution < -0.4 is 0 Å². The molecule has 1 saturated heterocycles. The van der Waals surface area contributed by atoms with Crippen LogP contribution in [0.25, 0.3) is 0 Å². The van der Waals surface area contributed by atoms with E-state index >= 15 is 0 Å². The van der Waals surface area contributed by atoms with Gasteiger partial charge >= 0.3 is 0 Å². The molecule has 0 aromatic heterocycles. The van der Waals surface area contributed by atoms with Crippen molar-refractivity contribution in [2.45, 2.75) is 6.42 Å². The second-order valence-electron chi connectivity index (χ2n) is 0.998. The molecule has 0 aromatic carbocycles. The molecule has 1 fully saturated rings. The van der Waals surface area contributed by atoms with Crippen molar-refractivity contribution in [1.29, 1.82) is 0 Å². The summed E-state index contributed by atoms with van der Waals surface area (Å²) in [6.45, 7) is 1.56. The average molecular weight is 147 g/mol. The molecule has 0 radical (unpaired) electrons. The topological polar surface area (TPSA) is 18.5 Å². The number of rotatable bonds is 0. The van der Waals surface area contributed by atoms with Crippen LogP contribution in [-0.2, 0) is 9.78 Å². The highest BCUT2D eigenvalue weighted by molar-refractivity contribution is 5.85. The van der Waals surface area contributed by atoms with E-state index in [0.717, 1.165) is 19.6 Å². The quantitative estimate of drug-likeness (QED) is 0.479. The molecule has 46 valence electrons. The Hall–Kier alpha value is 0.500. The van der Waals surface area contributed by atoms with E-state index in [4.69, 9.17) is 0 Å². The van der Waals surface area contributed by atoms with Gasteiger partial charge in [-0.25, -0.2) is 9.78 Å². The zero-order chi connectivity index (χ0) is 3.54. The van der Waals surface area contributed by atoms with Gasteiger partial charge < -0.3 is 0 Å². The van der Waals surface area contributed by atoms with Gasteiger partial charge in [0.25, 0.3) is 0 Å². The van der Waals surface area contributed by atoms with E-state index in [2.05, 4.69) is 9.78 Å². The fourth-order valence-electron chi connectivity index (χ4n) is 0.295. The monoisotopic (exact) mass is 146 g/mol. The van der Waals surface area contributed by atoms with E-state index in [-0.39, 0.29) is 24.8 Å². The van der Waals surface area contributed by atoms with Gasteiger partial charge in [0.15, 0.2) is 0 Å². The van der Waals surface area contributed by atoms with Crippen molar-refractivity contribution in [1.82, 2.24) is 0 Å². The van der Waals surface area contributed by atoms with Gasteiger partial charge in [-0.1, -0.05) is 0 Å². The maximum Gasteiger partial charge on any atom is 0.0845 e. The molecule has 2 nitrogen and oxygen atoms in total. The molecule has 0 unspecified atom stereocenters. The van der Waals surface area contributed by atoms with Crippen LogP contribution in [-0.4, -0.2) is 13.2 Å². The predicted molar refractivity (Wildman–Crippen MR) is 31.0 cm³/mol. The molecule has 7 heavy (non-hydrogen) atoms. The van der Waals surface area contributed by atoms with Crippen molar-refractivity contribution in [2.75, 3.05) is 13.2 Å². The summed E-state index contributed by atoms with van der Waals surface area (Å²) in [4.78, 5) is 8.89. The number of halogens is 2. The van der Waals surface area contributed by atoms with E-state index in [1.54, 1.807) is 0 Å². The molecule has 0 atom stereocenters. The Morgan fingerprint density at radius 1 is 0.857 bits per heavy atom. The molecule has 0 saturated carbocycles. The molecule has 1 rings (SSSR count). The third-order valence-corrected chi connectivity index (χ3v) is 0.539. The summed E-state index contributed by atoms with van der Waals surface area (Å²) in [6, 6.07) is 0. The summed E-state index contributed by atoms with van der Waals surface area (Å²) < 4.78 is 0. The van der Waals surface area contributed by atoms with Crippen molar-refractivity contribution in [3.63, 3.8) is 0 Å². The van der Waals surface area contributed by atoms with Crippen LogP contribution in [0.4, 0.5) is 0 Å². The zero-order valence-electron chi connectivity index (χ0n) is 3.75. The van der Waals surface area contributed by atoms with E-state index in [9.17, 15) is 0 Å². The number of hydrogen-bond donors (Lipinski definition) is 0. The summed E-state index contributed by atoms with van der Waals surface area (Å²) in [7, 11) is 0. The minimum Gasteiger partial charge on any atom is -0.237 e. The summed E-state index contributed by atoms with van der Waals surface area (Å²) >= 11 is 0. The minimum atomic E-state index is 0. The standard InChI is InChI=1S/C3H6O2.2ClH/c1-2-4-5-3-1;;/h1-3H2;2*1H. The van der Waals surface area contributed by atoms with Gasteiger partial charge in [0, 0.05) is 6.42 Å². The summed E-state index contributed by atoms with van der Waals surface area (Å²) in [6.07, 6.45) is 1.06. The third kappa shape index (κ3) is 4.35. The molecule has 0 N–H and O–H groups in total. The van der Waals surface area contributed by atoms with Crippen molar-refractivity contribution >= 4 is 24.8 Å². The van der Waals surface area contributed by atoms with E-state index < -0.39 is 0 Å². The van der Waals surface area contributed by atoms with E-state index in [1.165, 1.54) is 0 Å². The Labute approximate surface area is 54.9 Å². The van der Waals surface area contributed by atoms with Gasteiger partial charge in [-0.2, -0.15) is 0 Å². The molecule has 1 aliphatic rings. The normalized spacial score (nSPS) is 17.1. The molecular weight excluding hydrogens is 139 g/mol. The van der Waals surface area contributed by atoms with Gasteiger partial charge in [-0.05, 0) is 0 Å². The Bertz CT molecular complexity index is 22.5. The van der Waals surface area contributed by atoms with Crippen LogP contribution in [0.3, 0.4) is 0 Å². The Kier molecular flexibility index (Phi) is 9.73. The fourth-order valence-corrected chi connectivity index (χ4v) is 0.295. The smallest absolute Gasteiger partial charge is 0.0845 e. The SMILES string of the molecule is C1COOC1.Cl.Cl. The van der Waals surface area contributed by atoms with Gasteiger partial charge in [0.05, 0.1) is 13.2 Å². The van der Waals surface area contributed by atoms with Gasteiger partial charge in [-0.3, -0.25) is 0 Å². The first-order valence-electron chi connectivity index (χ1n) is 1.74. The predicted octanol–water partition coefficient (Wildman–Crippen LogP) is 1.18. The highest BCUT2D eigenvalue weighted by Crippen LogP contribution is 1.93. The van der Waals surface area contributed by atoms with E-state index in [1.807, 2.05) is 0 Å². The third-order valence-electron chi connectivity index (χ3n) is 0.539. The largest absolute Gasteiger partial charge is 0.237 e. The van der Waals surface area contributed by atoms with Gasteiger partial charge in [-0.15, -0.1) is 24.8 Å². The molecule has 0 spiro atoms. The van der Waals surface area contributed by atoms with Crippen LogP contribution in [0.5, 0.6) is 0 Å². The summed E-state index contributed by atoms with van der Waals surface area (Å²) in [5, 5.41) is 0. The zero-order valence-corrected chi connectivity index (χ0v) is 5.39. The molecule has 0 amide bonds. The first-order valence-corrected chi connectivity index (χ1v) is 1.74. The minimum absolute atomic E-state index is 0. The van der Waals surface area contributed by atoms with Crippen molar-refractivity contribution in [3.8, 4) is 0 Å². The van der Waals surface area contributed by atoms with Crippen molar-refractivity contribution in [3.05, 3.63) is 0 Å². The average Bonchev–Trinajstić information content (AvgIpc) is 1.76. The van der Waals surface area contributed by atoms with E-state index in [0.29, 0.717) is 0 Å². The maximum absolute atomic E-state index is 4.44. The number of hydrogen-bond acceptors (Lipinski definition) is 2. The molecule has 4 heteroatoms. The lowest BCUT2D eigenvalue weighted by Gasteiger charge is -1.77. The van der Waals surface area contributed by atoms with Crippen LogP contribution in [0.2, 0.25) is 0 Å². The Morgan fingerprint density at radius 3 is 1.43 bits per heavy atom. The Morgan fingerprint density at radius 2 is 1.29 bits per heavy atom. The molecular formula is C3H8Cl2O2. The first kappa shape index (κ1) is 10.5. The second-order valence-corrected chi connectivity index (χ2v) is 0.998. The summed E-state index contributed by atoms with van der Waals surface area (Å²) in [5.41, 5.74) is 0. The molecule has 0 aromatic rings. The second kappa shape index (κ2) is 6.50. The lowest BCUT2D eigenvalue weighted by Crippen LogP contribution is -1.72. The molecule has 0 bridgehead atoms. The highest BCUT2D eigenvalue weighted by Gasteiger charge is 1.95. The van der Waals surface area contributed by atoms with Crippen molar-refractivity contribution in [2.24, 2.45) is 0 Å². The van der Waals surface area contributed by atoms with Crippen LogP contribution in [0.1, 0.15) is 6.42 Å². The molecule has 0 aliphatic carbocycles. The first-order chi connectivity index (χ1) is 2.50. The fraction of sp³-hybridized carbons (Fsp3) is 1.00. The lowest BCUT2D eigenvalue weighted by atomic mass is 10.5. The lowest BCUT2D eigenvalue weighted by molar-refractivity contribution is -0.248. The highest BCUT2D eigenvalue weighted by atomic mass is 35.5. The molecule has 1 heterocycles. The van der Waals surface area contributed by atoms with Gasteiger partial charge in [0.2, 0.25) is 0 Å². The Balaban J connectivity index is 0. The van der Waals surface area contributed by atoms with Crippen LogP contribution in [0.15, 0.2) is 0 Å². The van der Waals surface area contributed by atoms with Gasteiger partial charge in [0.1, 0.15) is 0 Å². The van der Waals surface area contributed by atoms with Crippen LogP contribution >= 0.6 is 24.8 Å².